The summed E-state index contributed by atoms with van der Waals surface area (Å²) in [6, 6.07) is 3.78. The van der Waals surface area contributed by atoms with Gasteiger partial charge >= 0.3 is 0 Å². The van der Waals surface area contributed by atoms with E-state index in [1.165, 1.54) is 11.3 Å². The predicted molar refractivity (Wildman–Crippen MR) is 71.6 cm³/mol. The lowest BCUT2D eigenvalue weighted by molar-refractivity contribution is -0.116. The minimum Gasteiger partial charge on any atom is -0.317 e. The van der Waals surface area contributed by atoms with Gasteiger partial charge in [-0.3, -0.25) is 4.79 Å². The van der Waals surface area contributed by atoms with E-state index >= 15 is 0 Å². The van der Waals surface area contributed by atoms with Crippen molar-refractivity contribution in [1.82, 2.24) is 10.2 Å². The number of piperazine rings is 1. The van der Waals surface area contributed by atoms with Gasteiger partial charge in [0.25, 0.3) is 0 Å². The van der Waals surface area contributed by atoms with E-state index in [9.17, 15) is 4.79 Å². The molecular weight excluding hydrogens is 248 g/mol. The Kier molecular flexibility index (Phi) is 4.70. The maximum absolute atomic E-state index is 11.8. The van der Waals surface area contributed by atoms with Gasteiger partial charge < -0.3 is 15.5 Å². The number of hydrogen-bond acceptors (Lipinski definition) is 5. The van der Waals surface area contributed by atoms with Gasteiger partial charge in [0.1, 0.15) is 11.1 Å². The van der Waals surface area contributed by atoms with Gasteiger partial charge in [-0.15, -0.1) is 11.3 Å². The van der Waals surface area contributed by atoms with Gasteiger partial charge in [-0.25, -0.2) is 0 Å². The van der Waals surface area contributed by atoms with Gasteiger partial charge in [0.15, 0.2) is 0 Å². The Morgan fingerprint density at radius 1 is 1.56 bits per heavy atom. The lowest BCUT2D eigenvalue weighted by Crippen LogP contribution is -2.44. The minimum atomic E-state index is -0.0208. The third kappa shape index (κ3) is 3.53. The zero-order valence-corrected chi connectivity index (χ0v) is 10.9. The third-order valence-corrected chi connectivity index (χ3v) is 3.73. The summed E-state index contributed by atoms with van der Waals surface area (Å²) >= 11 is 1.39. The van der Waals surface area contributed by atoms with Crippen LogP contribution in [0.3, 0.4) is 0 Å². The number of hydrogen-bond donors (Lipinski definition) is 2. The molecule has 96 valence electrons. The number of nitrogens with one attached hydrogen (secondary N) is 2. The SMILES string of the molecule is N#Cc1ccsc1NC(=O)CCN1CCNCC1. The molecule has 0 atom stereocenters. The number of anilines is 1. The first-order chi connectivity index (χ1) is 8.79. The van der Waals surface area contributed by atoms with Crippen molar-refractivity contribution in [3.8, 4) is 6.07 Å². The molecular formula is C12H16N4OS. The molecule has 2 rings (SSSR count). The number of carbonyl (C=O) groups is 1. The Labute approximate surface area is 110 Å². The normalized spacial score (nSPS) is 16.2. The van der Waals surface area contributed by atoms with Gasteiger partial charge in [0, 0.05) is 39.1 Å². The number of amides is 1. The molecule has 18 heavy (non-hydrogen) atoms. The maximum atomic E-state index is 11.8. The van der Waals surface area contributed by atoms with Crippen molar-refractivity contribution in [3.63, 3.8) is 0 Å². The van der Waals surface area contributed by atoms with E-state index in [1.807, 2.05) is 5.38 Å². The molecule has 1 aromatic heterocycles. The Bertz CT molecular complexity index is 445. The van der Waals surface area contributed by atoms with Crippen LogP contribution in [0.4, 0.5) is 5.00 Å². The number of nitrogens with zero attached hydrogens (tertiary/aromatic N) is 2. The largest absolute Gasteiger partial charge is 0.317 e. The fraction of sp³-hybridized carbons (Fsp3) is 0.500. The summed E-state index contributed by atoms with van der Waals surface area (Å²) in [7, 11) is 0. The smallest absolute Gasteiger partial charge is 0.226 e. The molecule has 0 aromatic carbocycles. The molecule has 1 saturated heterocycles. The van der Waals surface area contributed by atoms with E-state index in [0.29, 0.717) is 17.0 Å². The summed E-state index contributed by atoms with van der Waals surface area (Å²) in [5.41, 5.74) is 0.538. The fourth-order valence-electron chi connectivity index (χ4n) is 1.88. The molecule has 0 spiro atoms. The van der Waals surface area contributed by atoms with Crippen molar-refractivity contribution < 1.29 is 4.79 Å². The number of carbonyl (C=O) groups excluding carboxylic acids is 1. The summed E-state index contributed by atoms with van der Waals surface area (Å²) in [5.74, 6) is -0.0208. The fourth-order valence-corrected chi connectivity index (χ4v) is 2.63. The molecule has 1 amide bonds. The van der Waals surface area contributed by atoms with E-state index in [-0.39, 0.29) is 5.91 Å². The number of rotatable bonds is 4. The van der Waals surface area contributed by atoms with Crippen LogP contribution >= 0.6 is 11.3 Å². The minimum absolute atomic E-state index is 0.0208. The Balaban J connectivity index is 1.77. The van der Waals surface area contributed by atoms with Gasteiger partial charge in [0.2, 0.25) is 5.91 Å². The molecule has 0 bridgehead atoms. The van der Waals surface area contributed by atoms with Crippen molar-refractivity contribution in [1.29, 1.82) is 5.26 Å². The second kappa shape index (κ2) is 6.50. The molecule has 0 saturated carbocycles. The van der Waals surface area contributed by atoms with Crippen molar-refractivity contribution in [2.75, 3.05) is 38.0 Å². The van der Waals surface area contributed by atoms with Crippen LogP contribution < -0.4 is 10.6 Å². The monoisotopic (exact) mass is 264 g/mol. The van der Waals surface area contributed by atoms with Crippen LogP contribution in [0.1, 0.15) is 12.0 Å². The van der Waals surface area contributed by atoms with Crippen molar-refractivity contribution >= 4 is 22.2 Å². The first-order valence-electron chi connectivity index (χ1n) is 6.00. The maximum Gasteiger partial charge on any atom is 0.226 e. The summed E-state index contributed by atoms with van der Waals surface area (Å²) < 4.78 is 0. The molecule has 2 heterocycles. The van der Waals surface area contributed by atoms with E-state index in [0.717, 1.165) is 32.7 Å². The molecule has 6 heteroatoms. The average Bonchev–Trinajstić information content (AvgIpc) is 2.85. The van der Waals surface area contributed by atoms with Crippen molar-refractivity contribution in [2.24, 2.45) is 0 Å². The van der Waals surface area contributed by atoms with Gasteiger partial charge in [-0.1, -0.05) is 0 Å². The van der Waals surface area contributed by atoms with Crippen molar-refractivity contribution in [2.45, 2.75) is 6.42 Å². The highest BCUT2D eigenvalue weighted by Crippen LogP contribution is 2.22. The lowest BCUT2D eigenvalue weighted by Gasteiger charge is -2.26. The first-order valence-corrected chi connectivity index (χ1v) is 6.88. The molecule has 1 aliphatic heterocycles. The Morgan fingerprint density at radius 3 is 3.06 bits per heavy atom. The first kappa shape index (κ1) is 13.0. The predicted octanol–water partition coefficient (Wildman–Crippen LogP) is 0.854. The Morgan fingerprint density at radius 2 is 2.33 bits per heavy atom. The molecule has 1 aromatic rings. The summed E-state index contributed by atoms with van der Waals surface area (Å²) in [4.78, 5) is 14.0. The van der Waals surface area contributed by atoms with Crippen LogP contribution in [0.15, 0.2) is 11.4 Å². The second-order valence-corrected chi connectivity index (χ2v) is 5.08. The highest BCUT2D eigenvalue weighted by atomic mass is 32.1. The molecule has 5 nitrogen and oxygen atoms in total. The van der Waals surface area contributed by atoms with E-state index < -0.39 is 0 Å². The van der Waals surface area contributed by atoms with Crippen LogP contribution in [-0.4, -0.2) is 43.5 Å². The molecule has 0 aliphatic carbocycles. The van der Waals surface area contributed by atoms with E-state index in [4.69, 9.17) is 5.26 Å². The summed E-state index contributed by atoms with van der Waals surface area (Å²) in [6.45, 7) is 4.75. The molecule has 0 unspecified atom stereocenters. The number of thiophene rings is 1. The molecule has 1 fully saturated rings. The van der Waals surface area contributed by atoms with Crippen LogP contribution in [0, 0.1) is 11.3 Å². The van der Waals surface area contributed by atoms with Gasteiger partial charge in [0.05, 0.1) is 5.56 Å². The van der Waals surface area contributed by atoms with Crippen molar-refractivity contribution in [3.05, 3.63) is 17.0 Å². The van der Waals surface area contributed by atoms with Crippen LogP contribution in [0.5, 0.6) is 0 Å². The highest BCUT2D eigenvalue weighted by Gasteiger charge is 2.12. The highest BCUT2D eigenvalue weighted by molar-refractivity contribution is 7.14. The zero-order valence-electron chi connectivity index (χ0n) is 10.1. The third-order valence-electron chi connectivity index (χ3n) is 2.90. The van der Waals surface area contributed by atoms with Crippen LogP contribution in [0.2, 0.25) is 0 Å². The summed E-state index contributed by atoms with van der Waals surface area (Å²) in [5, 5.41) is 17.4. The lowest BCUT2D eigenvalue weighted by atomic mass is 10.3. The van der Waals surface area contributed by atoms with Gasteiger partial charge in [-0.05, 0) is 11.4 Å². The zero-order chi connectivity index (χ0) is 12.8. The topological polar surface area (TPSA) is 68.2 Å². The van der Waals surface area contributed by atoms with E-state index in [2.05, 4.69) is 21.6 Å². The summed E-state index contributed by atoms with van der Waals surface area (Å²) in [6.07, 6.45) is 0.475. The average molecular weight is 264 g/mol. The Hall–Kier alpha value is -1.42. The van der Waals surface area contributed by atoms with E-state index in [1.54, 1.807) is 6.07 Å². The quantitative estimate of drug-likeness (QED) is 0.846. The molecule has 0 radical (unpaired) electrons. The van der Waals surface area contributed by atoms with Crippen LogP contribution in [-0.2, 0) is 4.79 Å². The molecule has 2 N–H and O–H groups in total. The van der Waals surface area contributed by atoms with Crippen LogP contribution in [0.25, 0.3) is 0 Å². The van der Waals surface area contributed by atoms with Gasteiger partial charge in [-0.2, -0.15) is 5.26 Å². The molecule has 1 aliphatic rings. The number of nitriles is 1. The second-order valence-electron chi connectivity index (χ2n) is 4.17. The standard InChI is InChI=1S/C12H16N4OS/c13-9-10-2-8-18-12(10)15-11(17)1-5-16-6-3-14-4-7-16/h2,8,14H,1,3-7H2,(H,15,17).